The number of allylic oxidation sites excluding steroid dienone is 6. The van der Waals surface area contributed by atoms with E-state index >= 15 is 0 Å². The smallest absolute Gasteiger partial charge is 0.306 e. The highest BCUT2D eigenvalue weighted by molar-refractivity contribution is 7.45. The molecule has 0 aromatic rings. The molecule has 0 aromatic carbocycles. The van der Waals surface area contributed by atoms with Crippen molar-refractivity contribution in [3.63, 3.8) is 0 Å². The molecule has 2 atom stereocenters. The molecule has 0 fully saturated rings. The lowest BCUT2D eigenvalue weighted by Crippen LogP contribution is -2.37. The normalized spacial score (nSPS) is 13.2. The van der Waals surface area contributed by atoms with Crippen LogP contribution in [0.5, 0.6) is 0 Å². The molecule has 88 heavy (non-hydrogen) atoms. The summed E-state index contributed by atoms with van der Waals surface area (Å²) in [6, 6.07) is 0. The number of phosphoric acid groups is 1. The van der Waals surface area contributed by atoms with Crippen molar-refractivity contribution in [1.29, 1.82) is 0 Å². The Kier molecular flexibility index (Phi) is 68.2. The van der Waals surface area contributed by atoms with E-state index in [4.69, 9.17) is 18.5 Å². The third-order valence-corrected chi connectivity index (χ3v) is 18.6. The fourth-order valence-electron chi connectivity index (χ4n) is 11.7. The van der Waals surface area contributed by atoms with Gasteiger partial charge < -0.3 is 27.9 Å². The van der Waals surface area contributed by atoms with Gasteiger partial charge in [0.1, 0.15) is 19.8 Å². The average Bonchev–Trinajstić information content (AvgIpc) is 3.68. The maximum atomic E-state index is 12.9. The number of hydrogen-bond donors (Lipinski definition) is 0. The SMILES string of the molecule is CCCCCCC/C=C\C/C=C\CCCCCCCCCCCCCC(=O)OC(COC(=O)CCCCCCCCCCCCCCCCCCCCCCCCCCCCCCC/C=C\CCCCCCCCCC)COP(=O)([O-])OCC[N+](C)(C)C. The van der Waals surface area contributed by atoms with Gasteiger partial charge in [0.2, 0.25) is 0 Å². The lowest BCUT2D eigenvalue weighted by Gasteiger charge is -2.28. The van der Waals surface area contributed by atoms with Crippen molar-refractivity contribution in [2.75, 3.05) is 47.5 Å². The molecule has 0 radical (unpaired) electrons. The van der Waals surface area contributed by atoms with E-state index in [2.05, 4.69) is 50.3 Å². The van der Waals surface area contributed by atoms with Crippen molar-refractivity contribution in [3.8, 4) is 0 Å². The van der Waals surface area contributed by atoms with E-state index in [-0.39, 0.29) is 32.0 Å². The van der Waals surface area contributed by atoms with Gasteiger partial charge in [-0.1, -0.05) is 352 Å². The Balaban J connectivity index is 3.86. The molecule has 0 aliphatic rings. The molecule has 520 valence electrons. The van der Waals surface area contributed by atoms with Crippen molar-refractivity contribution in [2.24, 2.45) is 0 Å². The Hall–Kier alpha value is -1.77. The monoisotopic (exact) mass is 1260 g/mol. The number of carbonyl (C=O) groups excluding carboxylic acids is 2. The molecule has 0 aliphatic heterocycles. The van der Waals surface area contributed by atoms with E-state index in [0.29, 0.717) is 17.4 Å². The van der Waals surface area contributed by atoms with Gasteiger partial charge in [-0.3, -0.25) is 14.2 Å². The largest absolute Gasteiger partial charge is 0.756 e. The molecule has 0 N–H and O–H groups in total. The molecular weight excluding hydrogens is 1110 g/mol. The molecule has 0 aromatic heterocycles. The summed E-state index contributed by atoms with van der Waals surface area (Å²) < 4.78 is 34.4. The zero-order valence-electron chi connectivity index (χ0n) is 59.5. The number of rotatable bonds is 73. The van der Waals surface area contributed by atoms with E-state index in [1.54, 1.807) is 0 Å². The minimum absolute atomic E-state index is 0.0288. The molecule has 0 bridgehead atoms. The topological polar surface area (TPSA) is 111 Å². The van der Waals surface area contributed by atoms with Gasteiger partial charge >= 0.3 is 11.9 Å². The first-order chi connectivity index (χ1) is 43.0. The maximum Gasteiger partial charge on any atom is 0.306 e. The molecule has 2 unspecified atom stereocenters. The van der Waals surface area contributed by atoms with Crippen LogP contribution in [0.25, 0.3) is 0 Å². The summed E-state index contributed by atoms with van der Waals surface area (Å²) in [5.41, 5.74) is 0. The van der Waals surface area contributed by atoms with Crippen LogP contribution in [-0.2, 0) is 32.7 Å². The molecule has 0 rings (SSSR count). The number of phosphoric ester groups is 1. The van der Waals surface area contributed by atoms with Gasteiger partial charge in [-0.05, 0) is 70.6 Å². The first-order valence-corrected chi connectivity index (χ1v) is 40.2. The molecule has 0 spiro atoms. The standard InChI is InChI=1S/C78H150NO8P/c1-6-8-10-12-14-16-18-20-22-24-26-28-30-31-32-33-34-35-36-37-38-39-40-41-42-43-44-45-46-47-49-50-52-54-56-58-60-62-64-66-68-70-77(80)84-74-76(75-86-88(82,83)85-73-72-79(3,4)5)87-78(81)71-69-67-65-63-61-59-57-55-53-51-48-29-27-25-23-21-19-17-15-13-11-9-7-2/h19,21,24-27,76H,6-18,20,22-23,28-75H2,1-5H3/b21-19-,26-24-,27-25-. The summed E-state index contributed by atoms with van der Waals surface area (Å²) in [6.07, 6.45) is 89.9. The van der Waals surface area contributed by atoms with Gasteiger partial charge in [0, 0.05) is 12.8 Å². The predicted molar refractivity (Wildman–Crippen MR) is 379 cm³/mol. The van der Waals surface area contributed by atoms with Crippen molar-refractivity contribution in [2.45, 2.75) is 405 Å². The van der Waals surface area contributed by atoms with Crippen LogP contribution in [0.15, 0.2) is 36.5 Å². The second-order valence-corrected chi connectivity index (χ2v) is 29.1. The van der Waals surface area contributed by atoms with Crippen LogP contribution in [0.1, 0.15) is 399 Å². The fraction of sp³-hybridized carbons (Fsp3) is 0.897. The van der Waals surface area contributed by atoms with Gasteiger partial charge in [0.05, 0.1) is 27.7 Å². The molecule has 10 heteroatoms. The number of carbonyl (C=O) groups is 2. The van der Waals surface area contributed by atoms with Gasteiger partial charge in [-0.15, -0.1) is 0 Å². The Morgan fingerprint density at radius 2 is 0.614 bits per heavy atom. The maximum absolute atomic E-state index is 12.9. The highest BCUT2D eigenvalue weighted by atomic mass is 31.2. The summed E-state index contributed by atoms with van der Waals surface area (Å²) in [6.45, 7) is 4.29. The van der Waals surface area contributed by atoms with E-state index in [1.165, 1.54) is 321 Å². The highest BCUT2D eigenvalue weighted by Gasteiger charge is 2.22. The van der Waals surface area contributed by atoms with E-state index < -0.39 is 26.5 Å². The number of esters is 2. The first-order valence-electron chi connectivity index (χ1n) is 38.7. The van der Waals surface area contributed by atoms with Crippen LogP contribution >= 0.6 is 7.82 Å². The second kappa shape index (κ2) is 69.6. The molecule has 0 amide bonds. The van der Waals surface area contributed by atoms with Crippen molar-refractivity contribution >= 4 is 19.8 Å². The van der Waals surface area contributed by atoms with Crippen molar-refractivity contribution in [3.05, 3.63) is 36.5 Å². The van der Waals surface area contributed by atoms with Crippen molar-refractivity contribution < 1.29 is 42.1 Å². The average molecular weight is 1260 g/mol. The van der Waals surface area contributed by atoms with Crippen LogP contribution in [0.3, 0.4) is 0 Å². The quantitative estimate of drug-likeness (QED) is 0.0195. The summed E-state index contributed by atoms with van der Waals surface area (Å²) in [5, 5.41) is 0. The molecule has 9 nitrogen and oxygen atoms in total. The van der Waals surface area contributed by atoms with Gasteiger partial charge in [0.25, 0.3) is 7.82 Å². The van der Waals surface area contributed by atoms with Crippen LogP contribution in [0.4, 0.5) is 0 Å². The van der Waals surface area contributed by atoms with Gasteiger partial charge in [-0.2, -0.15) is 0 Å². The second-order valence-electron chi connectivity index (χ2n) is 27.7. The third-order valence-electron chi connectivity index (χ3n) is 17.6. The summed E-state index contributed by atoms with van der Waals surface area (Å²) >= 11 is 0. The Morgan fingerprint density at radius 3 is 0.909 bits per heavy atom. The Bertz CT molecular complexity index is 1580. The van der Waals surface area contributed by atoms with E-state index in [0.717, 1.165) is 44.9 Å². The zero-order chi connectivity index (χ0) is 64.1. The summed E-state index contributed by atoms with van der Waals surface area (Å²) in [7, 11) is 1.18. The number of nitrogens with zero attached hydrogens (tertiary/aromatic N) is 1. The summed E-state index contributed by atoms with van der Waals surface area (Å²) in [4.78, 5) is 38.1. The summed E-state index contributed by atoms with van der Waals surface area (Å²) in [5.74, 6) is -0.815. The molecular formula is C78H150NO8P. The van der Waals surface area contributed by atoms with Crippen LogP contribution in [-0.4, -0.2) is 70.0 Å². The molecule has 0 aliphatic carbocycles. The molecule has 0 saturated carbocycles. The fourth-order valence-corrected chi connectivity index (χ4v) is 12.4. The number of ether oxygens (including phenoxy) is 2. The highest BCUT2D eigenvalue weighted by Crippen LogP contribution is 2.38. The minimum Gasteiger partial charge on any atom is -0.756 e. The van der Waals surface area contributed by atoms with E-state index in [1.807, 2.05) is 21.1 Å². The lowest BCUT2D eigenvalue weighted by molar-refractivity contribution is -0.870. The van der Waals surface area contributed by atoms with Crippen LogP contribution in [0, 0.1) is 0 Å². The third kappa shape index (κ3) is 73.3. The Labute approximate surface area is 548 Å². The first kappa shape index (κ1) is 86.2. The predicted octanol–water partition coefficient (Wildman–Crippen LogP) is 24.8. The Morgan fingerprint density at radius 1 is 0.352 bits per heavy atom. The van der Waals surface area contributed by atoms with Crippen LogP contribution in [0.2, 0.25) is 0 Å². The number of hydrogen-bond acceptors (Lipinski definition) is 8. The molecule has 0 saturated heterocycles. The van der Waals surface area contributed by atoms with E-state index in [9.17, 15) is 19.0 Å². The van der Waals surface area contributed by atoms with Crippen LogP contribution < -0.4 is 4.89 Å². The number of likely N-dealkylation sites (N-methyl/N-ethyl adjacent to an activating group) is 1. The van der Waals surface area contributed by atoms with Gasteiger partial charge in [0.15, 0.2) is 6.10 Å². The lowest BCUT2D eigenvalue weighted by atomic mass is 10.0. The minimum atomic E-state index is -4.64. The number of unbranched alkanes of at least 4 members (excludes halogenated alkanes) is 53. The number of quaternary nitrogens is 1. The van der Waals surface area contributed by atoms with Gasteiger partial charge in [-0.25, -0.2) is 0 Å². The molecule has 0 heterocycles. The van der Waals surface area contributed by atoms with Crippen molar-refractivity contribution in [1.82, 2.24) is 0 Å². The zero-order valence-corrected chi connectivity index (χ0v) is 60.4.